The van der Waals surface area contributed by atoms with Crippen LogP contribution in [0.1, 0.15) is 16.7 Å². The van der Waals surface area contributed by atoms with Crippen LogP contribution in [0.15, 0.2) is 65.1 Å². The maximum absolute atomic E-state index is 13.0. The quantitative estimate of drug-likeness (QED) is 0.464. The van der Waals surface area contributed by atoms with Crippen LogP contribution in [0.2, 0.25) is 5.02 Å². The third-order valence-electron chi connectivity index (χ3n) is 3.99. The Hall–Kier alpha value is -2.04. The topological polar surface area (TPSA) is 21.3 Å². The van der Waals surface area contributed by atoms with Gasteiger partial charge < -0.3 is 10.1 Å². The second-order valence-corrected chi connectivity index (χ2v) is 7.33. The first-order chi connectivity index (χ1) is 12.5. The lowest BCUT2D eigenvalue weighted by Gasteiger charge is -2.15. The summed E-state index contributed by atoms with van der Waals surface area (Å²) in [7, 11) is 0. The van der Waals surface area contributed by atoms with E-state index in [0.29, 0.717) is 18.2 Å². The van der Waals surface area contributed by atoms with Crippen LogP contribution in [0, 0.1) is 12.7 Å². The first-order valence-electron chi connectivity index (χ1n) is 8.17. The van der Waals surface area contributed by atoms with E-state index in [1.807, 2.05) is 24.3 Å². The van der Waals surface area contributed by atoms with Crippen molar-refractivity contribution in [3.05, 3.63) is 92.7 Å². The maximum Gasteiger partial charge on any atom is 0.124 e. The molecule has 3 aromatic rings. The van der Waals surface area contributed by atoms with Gasteiger partial charge in [-0.3, -0.25) is 0 Å². The number of rotatable bonds is 6. The Morgan fingerprint density at radius 3 is 2.54 bits per heavy atom. The molecule has 0 aliphatic carbocycles. The molecule has 0 aromatic heterocycles. The number of ether oxygens (including phenoxy) is 1. The molecule has 0 saturated carbocycles. The summed E-state index contributed by atoms with van der Waals surface area (Å²) in [6, 6.07) is 17.9. The predicted octanol–water partition coefficient (Wildman–Crippen LogP) is 6.74. The van der Waals surface area contributed by atoms with Crippen molar-refractivity contribution in [2.45, 2.75) is 20.1 Å². The highest BCUT2D eigenvalue weighted by molar-refractivity contribution is 9.10. The molecule has 134 valence electrons. The minimum Gasteiger partial charge on any atom is -0.489 e. The summed E-state index contributed by atoms with van der Waals surface area (Å²) in [5.41, 5.74) is 4.07. The molecule has 0 fully saturated rings. The molecule has 5 heteroatoms. The first-order valence-corrected chi connectivity index (χ1v) is 9.34. The largest absolute Gasteiger partial charge is 0.489 e. The molecular formula is C21H18BrClFNO. The van der Waals surface area contributed by atoms with E-state index in [1.165, 1.54) is 12.1 Å². The van der Waals surface area contributed by atoms with E-state index in [2.05, 4.69) is 34.2 Å². The second-order valence-electron chi connectivity index (χ2n) is 5.98. The van der Waals surface area contributed by atoms with Crippen LogP contribution >= 0.6 is 27.5 Å². The molecule has 1 N–H and O–H groups in total. The molecule has 0 aliphatic rings. The number of hydrogen-bond acceptors (Lipinski definition) is 2. The van der Waals surface area contributed by atoms with Crippen LogP contribution in [-0.4, -0.2) is 0 Å². The summed E-state index contributed by atoms with van der Waals surface area (Å²) >= 11 is 9.63. The Kier molecular flexibility index (Phi) is 6.17. The maximum atomic E-state index is 13.0. The fraction of sp³-hybridized carbons (Fsp3) is 0.143. The van der Waals surface area contributed by atoms with E-state index in [0.717, 1.165) is 32.6 Å². The van der Waals surface area contributed by atoms with Gasteiger partial charge in [0.05, 0.1) is 0 Å². The number of anilines is 1. The molecule has 0 heterocycles. The van der Waals surface area contributed by atoms with Gasteiger partial charge in [0.25, 0.3) is 0 Å². The van der Waals surface area contributed by atoms with Gasteiger partial charge >= 0.3 is 0 Å². The van der Waals surface area contributed by atoms with E-state index >= 15 is 0 Å². The standard InChI is InChI=1S/C21H18BrClFNO/c1-14-10-17(22)4-8-20(14)25-12-16-11-18(23)5-9-21(16)26-13-15-2-6-19(24)7-3-15/h2-11,25H,12-13H2,1H3. The monoisotopic (exact) mass is 433 g/mol. The van der Waals surface area contributed by atoms with Gasteiger partial charge in [-0.25, -0.2) is 4.39 Å². The Balaban J connectivity index is 1.71. The molecule has 0 saturated heterocycles. The SMILES string of the molecule is Cc1cc(Br)ccc1NCc1cc(Cl)ccc1OCc1ccc(F)cc1. The average molecular weight is 435 g/mol. The van der Waals surface area contributed by atoms with E-state index in [4.69, 9.17) is 16.3 Å². The van der Waals surface area contributed by atoms with Gasteiger partial charge in [-0.2, -0.15) is 0 Å². The van der Waals surface area contributed by atoms with Gasteiger partial charge in [0.2, 0.25) is 0 Å². The molecule has 2 nitrogen and oxygen atoms in total. The molecule has 0 aliphatic heterocycles. The number of aryl methyl sites for hydroxylation is 1. The zero-order valence-corrected chi connectivity index (χ0v) is 16.6. The van der Waals surface area contributed by atoms with E-state index in [1.54, 1.807) is 18.2 Å². The van der Waals surface area contributed by atoms with E-state index in [9.17, 15) is 4.39 Å². The van der Waals surface area contributed by atoms with Gasteiger partial charge in [-0.1, -0.05) is 39.7 Å². The molecule has 0 spiro atoms. The fourth-order valence-electron chi connectivity index (χ4n) is 2.58. The van der Waals surface area contributed by atoms with Crippen molar-refractivity contribution in [2.75, 3.05) is 5.32 Å². The molecule has 26 heavy (non-hydrogen) atoms. The fourth-order valence-corrected chi connectivity index (χ4v) is 3.25. The van der Waals surface area contributed by atoms with Crippen LogP contribution in [0.25, 0.3) is 0 Å². The molecule has 0 bridgehead atoms. The van der Waals surface area contributed by atoms with Crippen molar-refractivity contribution in [3.8, 4) is 5.75 Å². The zero-order chi connectivity index (χ0) is 18.5. The lowest BCUT2D eigenvalue weighted by atomic mass is 10.1. The number of benzene rings is 3. The first kappa shape index (κ1) is 18.7. The van der Waals surface area contributed by atoms with Crippen molar-refractivity contribution < 1.29 is 9.13 Å². The molecule has 0 unspecified atom stereocenters. The van der Waals surface area contributed by atoms with Gasteiger partial charge in [-0.15, -0.1) is 0 Å². The van der Waals surface area contributed by atoms with Gasteiger partial charge in [-0.05, 0) is 66.6 Å². The summed E-state index contributed by atoms with van der Waals surface area (Å²) in [4.78, 5) is 0. The number of hydrogen-bond donors (Lipinski definition) is 1. The van der Waals surface area contributed by atoms with Crippen LogP contribution in [-0.2, 0) is 13.2 Å². The molecule has 3 aromatic carbocycles. The number of halogens is 3. The molecular weight excluding hydrogens is 417 g/mol. The summed E-state index contributed by atoms with van der Waals surface area (Å²) in [6.07, 6.45) is 0. The Bertz CT molecular complexity index is 899. The lowest BCUT2D eigenvalue weighted by molar-refractivity contribution is 0.303. The van der Waals surface area contributed by atoms with Crippen LogP contribution in [0.5, 0.6) is 5.75 Å². The van der Waals surface area contributed by atoms with Crippen LogP contribution < -0.4 is 10.1 Å². The highest BCUT2D eigenvalue weighted by Crippen LogP contribution is 2.26. The van der Waals surface area contributed by atoms with Gasteiger partial charge in [0, 0.05) is 27.3 Å². The van der Waals surface area contributed by atoms with E-state index in [-0.39, 0.29) is 5.82 Å². The highest BCUT2D eigenvalue weighted by Gasteiger charge is 2.07. The second kappa shape index (κ2) is 8.56. The van der Waals surface area contributed by atoms with Crippen molar-refractivity contribution >= 4 is 33.2 Å². The smallest absolute Gasteiger partial charge is 0.124 e. The predicted molar refractivity (Wildman–Crippen MR) is 108 cm³/mol. The summed E-state index contributed by atoms with van der Waals surface area (Å²) < 4.78 is 20.0. The Morgan fingerprint density at radius 1 is 1.04 bits per heavy atom. The Labute approximate surface area is 166 Å². The van der Waals surface area contributed by atoms with Crippen molar-refractivity contribution in [2.24, 2.45) is 0 Å². The third kappa shape index (κ3) is 4.99. The highest BCUT2D eigenvalue weighted by atomic mass is 79.9. The van der Waals surface area contributed by atoms with Gasteiger partial charge in [0.15, 0.2) is 0 Å². The normalized spacial score (nSPS) is 10.6. The third-order valence-corrected chi connectivity index (χ3v) is 4.72. The van der Waals surface area contributed by atoms with Crippen LogP contribution in [0.3, 0.4) is 0 Å². The zero-order valence-electron chi connectivity index (χ0n) is 14.2. The van der Waals surface area contributed by atoms with E-state index < -0.39 is 0 Å². The van der Waals surface area contributed by atoms with Gasteiger partial charge in [0.1, 0.15) is 18.2 Å². The molecule has 3 rings (SSSR count). The minimum atomic E-state index is -0.255. The summed E-state index contributed by atoms with van der Waals surface area (Å²) in [5.74, 6) is 0.496. The van der Waals surface area contributed by atoms with Crippen molar-refractivity contribution in [3.63, 3.8) is 0 Å². The summed E-state index contributed by atoms with van der Waals surface area (Å²) in [5, 5.41) is 4.08. The number of nitrogens with one attached hydrogen (secondary N) is 1. The molecule has 0 amide bonds. The molecule has 0 atom stereocenters. The van der Waals surface area contributed by atoms with Crippen LogP contribution in [0.4, 0.5) is 10.1 Å². The Morgan fingerprint density at radius 2 is 1.81 bits per heavy atom. The summed E-state index contributed by atoms with van der Waals surface area (Å²) in [6.45, 7) is 3.00. The minimum absolute atomic E-state index is 0.255. The average Bonchev–Trinajstić information content (AvgIpc) is 2.61. The van der Waals surface area contributed by atoms with Crippen molar-refractivity contribution in [1.82, 2.24) is 0 Å². The lowest BCUT2D eigenvalue weighted by Crippen LogP contribution is -2.05. The molecule has 0 radical (unpaired) electrons. The van der Waals surface area contributed by atoms with Crippen molar-refractivity contribution in [1.29, 1.82) is 0 Å².